The van der Waals surface area contributed by atoms with E-state index in [1.54, 1.807) is 13.1 Å². The molecule has 0 bridgehead atoms. The van der Waals surface area contributed by atoms with Crippen LogP contribution in [0.3, 0.4) is 0 Å². The highest BCUT2D eigenvalue weighted by Gasteiger charge is 2.07. The molecule has 0 spiro atoms. The molecule has 1 aromatic rings. The van der Waals surface area contributed by atoms with Gasteiger partial charge in [0, 0.05) is 33.4 Å². The first-order valence-corrected chi connectivity index (χ1v) is 7.14. The Labute approximate surface area is 124 Å². The molecule has 4 nitrogen and oxygen atoms in total. The number of hydrogen-bond donors (Lipinski definition) is 2. The van der Waals surface area contributed by atoms with E-state index in [2.05, 4.69) is 15.6 Å². The Morgan fingerprint density at radius 1 is 1.24 bits per heavy atom. The molecule has 0 radical (unpaired) electrons. The third kappa shape index (κ3) is 6.53. The molecule has 1 aromatic carbocycles. The van der Waals surface area contributed by atoms with Crippen molar-refractivity contribution in [3.05, 3.63) is 35.4 Å². The van der Waals surface area contributed by atoms with Crippen molar-refractivity contribution in [2.75, 3.05) is 33.4 Å². The van der Waals surface area contributed by atoms with E-state index in [-0.39, 0.29) is 0 Å². The Morgan fingerprint density at radius 3 is 2.71 bits per heavy atom. The lowest BCUT2D eigenvalue weighted by atomic mass is 10.1. The van der Waals surface area contributed by atoms with Gasteiger partial charge in [-0.25, -0.2) is 8.78 Å². The molecular weight excluding hydrogens is 276 g/mol. The maximum atomic E-state index is 13.5. The third-order valence-electron chi connectivity index (χ3n) is 2.90. The van der Waals surface area contributed by atoms with Crippen LogP contribution in [-0.4, -0.2) is 39.3 Å². The average molecular weight is 299 g/mol. The predicted molar refractivity (Wildman–Crippen MR) is 80.5 cm³/mol. The van der Waals surface area contributed by atoms with Gasteiger partial charge in [0.1, 0.15) is 0 Å². The van der Waals surface area contributed by atoms with Crippen LogP contribution >= 0.6 is 0 Å². The van der Waals surface area contributed by atoms with E-state index in [0.717, 1.165) is 19.0 Å². The van der Waals surface area contributed by atoms with Gasteiger partial charge in [-0.1, -0.05) is 12.1 Å². The van der Waals surface area contributed by atoms with E-state index in [4.69, 9.17) is 4.74 Å². The quantitative estimate of drug-likeness (QED) is 0.439. The van der Waals surface area contributed by atoms with Crippen LogP contribution in [0, 0.1) is 11.6 Å². The fraction of sp³-hybridized carbons (Fsp3) is 0.533. The minimum atomic E-state index is -0.814. The number of ether oxygens (including phenoxy) is 1. The van der Waals surface area contributed by atoms with Crippen molar-refractivity contribution < 1.29 is 13.5 Å². The number of benzene rings is 1. The van der Waals surface area contributed by atoms with Crippen LogP contribution in [-0.2, 0) is 11.2 Å². The third-order valence-corrected chi connectivity index (χ3v) is 2.90. The number of halogens is 2. The van der Waals surface area contributed by atoms with Gasteiger partial charge in [-0.3, -0.25) is 4.99 Å². The van der Waals surface area contributed by atoms with Crippen LogP contribution < -0.4 is 10.6 Å². The highest BCUT2D eigenvalue weighted by atomic mass is 19.2. The fourth-order valence-corrected chi connectivity index (χ4v) is 1.80. The number of rotatable bonds is 8. The van der Waals surface area contributed by atoms with Crippen molar-refractivity contribution in [2.45, 2.75) is 19.8 Å². The van der Waals surface area contributed by atoms with Crippen LogP contribution in [0.5, 0.6) is 0 Å². The second kappa shape index (κ2) is 10.1. The predicted octanol–water partition coefficient (Wildman–Crippen LogP) is 2.10. The topological polar surface area (TPSA) is 45.6 Å². The number of guanidine groups is 1. The Balaban J connectivity index is 2.27. The van der Waals surface area contributed by atoms with Crippen LogP contribution in [0.15, 0.2) is 23.2 Å². The van der Waals surface area contributed by atoms with Crippen molar-refractivity contribution in [2.24, 2.45) is 4.99 Å². The van der Waals surface area contributed by atoms with Crippen molar-refractivity contribution in [3.8, 4) is 0 Å². The Morgan fingerprint density at radius 2 is 2.00 bits per heavy atom. The first-order valence-electron chi connectivity index (χ1n) is 7.14. The lowest BCUT2D eigenvalue weighted by Crippen LogP contribution is -2.39. The number of nitrogens with zero attached hydrogens (tertiary/aromatic N) is 1. The summed E-state index contributed by atoms with van der Waals surface area (Å²) in [6, 6.07) is 4.21. The van der Waals surface area contributed by atoms with Crippen LogP contribution in [0.2, 0.25) is 0 Å². The molecule has 0 aliphatic heterocycles. The zero-order valence-electron chi connectivity index (χ0n) is 12.6. The normalized spacial score (nSPS) is 11.5. The van der Waals surface area contributed by atoms with Crippen molar-refractivity contribution in [1.82, 2.24) is 10.6 Å². The first-order chi connectivity index (χ1) is 10.2. The lowest BCUT2D eigenvalue weighted by molar-refractivity contribution is 0.145. The zero-order chi connectivity index (χ0) is 15.5. The monoisotopic (exact) mass is 299 g/mol. The summed E-state index contributed by atoms with van der Waals surface area (Å²) in [5.74, 6) is -0.951. The van der Waals surface area contributed by atoms with Crippen LogP contribution in [0.25, 0.3) is 0 Å². The van der Waals surface area contributed by atoms with Crippen LogP contribution in [0.1, 0.15) is 18.9 Å². The van der Waals surface area contributed by atoms with E-state index in [1.165, 1.54) is 6.07 Å². The molecule has 0 heterocycles. The first kappa shape index (κ1) is 17.4. The van der Waals surface area contributed by atoms with Gasteiger partial charge in [0.15, 0.2) is 17.6 Å². The van der Waals surface area contributed by atoms with Gasteiger partial charge in [0.25, 0.3) is 0 Å². The van der Waals surface area contributed by atoms with Crippen LogP contribution in [0.4, 0.5) is 8.78 Å². The van der Waals surface area contributed by atoms with Crippen molar-refractivity contribution in [3.63, 3.8) is 0 Å². The molecule has 2 N–H and O–H groups in total. The molecule has 0 aromatic heterocycles. The maximum absolute atomic E-state index is 13.5. The summed E-state index contributed by atoms with van der Waals surface area (Å²) in [7, 11) is 1.67. The smallest absolute Gasteiger partial charge is 0.190 e. The number of nitrogens with one attached hydrogen (secondary N) is 2. The van der Waals surface area contributed by atoms with Crippen molar-refractivity contribution >= 4 is 5.96 Å². The highest BCUT2D eigenvalue weighted by molar-refractivity contribution is 5.79. The number of hydrogen-bond acceptors (Lipinski definition) is 2. The minimum Gasteiger partial charge on any atom is -0.382 e. The SMILES string of the molecule is CCOCCCNC(=NC)NCCc1cccc(F)c1F. The molecular formula is C15H23F2N3O. The van der Waals surface area contributed by atoms with E-state index in [9.17, 15) is 8.78 Å². The molecule has 118 valence electrons. The van der Waals surface area contributed by atoms with E-state index in [1.807, 2.05) is 6.92 Å². The molecule has 0 saturated carbocycles. The maximum Gasteiger partial charge on any atom is 0.190 e. The van der Waals surface area contributed by atoms with Crippen molar-refractivity contribution in [1.29, 1.82) is 0 Å². The molecule has 1 rings (SSSR count). The molecule has 0 unspecified atom stereocenters. The molecule has 6 heteroatoms. The van der Waals surface area contributed by atoms with Gasteiger partial charge in [-0.2, -0.15) is 0 Å². The Hall–Kier alpha value is -1.69. The molecule has 0 saturated heterocycles. The summed E-state index contributed by atoms with van der Waals surface area (Å²) in [5, 5.41) is 6.20. The summed E-state index contributed by atoms with van der Waals surface area (Å²) >= 11 is 0. The molecule has 21 heavy (non-hydrogen) atoms. The molecule has 0 amide bonds. The minimum absolute atomic E-state index is 0.356. The molecule has 0 fully saturated rings. The summed E-state index contributed by atoms with van der Waals surface area (Å²) in [6.07, 6.45) is 1.27. The van der Waals surface area contributed by atoms with E-state index in [0.29, 0.717) is 37.7 Å². The Kier molecular flexibility index (Phi) is 8.35. The second-order valence-electron chi connectivity index (χ2n) is 4.44. The van der Waals surface area contributed by atoms with Gasteiger partial charge < -0.3 is 15.4 Å². The van der Waals surface area contributed by atoms with Gasteiger partial charge in [-0.15, -0.1) is 0 Å². The Bertz CT molecular complexity index is 453. The summed E-state index contributed by atoms with van der Waals surface area (Å²) < 4.78 is 31.8. The molecule has 0 aliphatic rings. The zero-order valence-corrected chi connectivity index (χ0v) is 12.6. The standard InChI is InChI=1S/C15H23F2N3O/c1-3-21-11-5-9-19-15(18-2)20-10-8-12-6-4-7-13(16)14(12)17/h4,6-7H,3,5,8-11H2,1-2H3,(H2,18,19,20). The van der Waals surface area contributed by atoms with Gasteiger partial charge in [0.2, 0.25) is 0 Å². The summed E-state index contributed by atoms with van der Waals surface area (Å²) in [5.41, 5.74) is 0.356. The molecule has 0 aliphatic carbocycles. The lowest BCUT2D eigenvalue weighted by Gasteiger charge is -2.12. The average Bonchev–Trinajstić information content (AvgIpc) is 2.49. The fourth-order valence-electron chi connectivity index (χ4n) is 1.80. The molecule has 0 atom stereocenters. The van der Waals surface area contributed by atoms with Gasteiger partial charge >= 0.3 is 0 Å². The number of aliphatic imine (C=N–C) groups is 1. The largest absolute Gasteiger partial charge is 0.382 e. The van der Waals surface area contributed by atoms with E-state index < -0.39 is 11.6 Å². The van der Waals surface area contributed by atoms with E-state index >= 15 is 0 Å². The highest BCUT2D eigenvalue weighted by Crippen LogP contribution is 2.11. The summed E-state index contributed by atoms with van der Waals surface area (Å²) in [6.45, 7) is 4.60. The van der Waals surface area contributed by atoms with Gasteiger partial charge in [-0.05, 0) is 31.4 Å². The second-order valence-corrected chi connectivity index (χ2v) is 4.44. The van der Waals surface area contributed by atoms with Gasteiger partial charge in [0.05, 0.1) is 0 Å². The summed E-state index contributed by atoms with van der Waals surface area (Å²) in [4.78, 5) is 4.06.